The number of urea groups is 1. The number of hydrogen-bond donors (Lipinski definition) is 3. The molecule has 2 amide bonds. The maximum Gasteiger partial charge on any atom is 0.314 e. The summed E-state index contributed by atoms with van der Waals surface area (Å²) in [7, 11) is 0. The number of nitrogens with one attached hydrogen (secondary N) is 2. The highest BCUT2D eigenvalue weighted by atomic mass is 16.3. The second-order valence-electron chi connectivity index (χ2n) is 4.76. The summed E-state index contributed by atoms with van der Waals surface area (Å²) in [6.07, 6.45) is 3.42. The van der Waals surface area contributed by atoms with Gasteiger partial charge < -0.3 is 15.7 Å². The lowest BCUT2D eigenvalue weighted by Gasteiger charge is -2.14. The summed E-state index contributed by atoms with van der Waals surface area (Å²) >= 11 is 0. The van der Waals surface area contributed by atoms with Crippen molar-refractivity contribution in [1.29, 1.82) is 0 Å². The van der Waals surface area contributed by atoms with Gasteiger partial charge in [-0.25, -0.2) is 4.79 Å². The molecule has 4 heteroatoms. The molecular formula is C15H24N2O2. The van der Waals surface area contributed by atoms with Crippen LogP contribution in [0.25, 0.3) is 0 Å². The van der Waals surface area contributed by atoms with Gasteiger partial charge in [-0.05, 0) is 38.2 Å². The maximum atomic E-state index is 11.5. The van der Waals surface area contributed by atoms with Crippen LogP contribution in [-0.2, 0) is 6.42 Å². The van der Waals surface area contributed by atoms with E-state index in [0.717, 1.165) is 25.7 Å². The Morgan fingerprint density at radius 1 is 1.26 bits per heavy atom. The number of carbonyl (C=O) groups is 1. The monoisotopic (exact) mass is 264 g/mol. The van der Waals surface area contributed by atoms with Crippen LogP contribution in [0.2, 0.25) is 0 Å². The van der Waals surface area contributed by atoms with Gasteiger partial charge in [-0.15, -0.1) is 0 Å². The van der Waals surface area contributed by atoms with E-state index in [-0.39, 0.29) is 18.7 Å². The zero-order valence-corrected chi connectivity index (χ0v) is 11.6. The highest BCUT2D eigenvalue weighted by Gasteiger charge is 2.05. The van der Waals surface area contributed by atoms with Crippen LogP contribution in [0.4, 0.5) is 4.79 Å². The fourth-order valence-electron chi connectivity index (χ4n) is 1.88. The Morgan fingerprint density at radius 3 is 2.68 bits per heavy atom. The summed E-state index contributed by atoms with van der Waals surface area (Å²) < 4.78 is 0. The third kappa shape index (κ3) is 7.47. The van der Waals surface area contributed by atoms with Crippen molar-refractivity contribution >= 4 is 6.03 Å². The van der Waals surface area contributed by atoms with Crippen LogP contribution in [0.15, 0.2) is 30.3 Å². The Hall–Kier alpha value is -1.55. The van der Waals surface area contributed by atoms with Crippen LogP contribution in [0.1, 0.15) is 31.7 Å². The molecule has 0 aliphatic rings. The SMILES string of the molecule is CC(CCCO)NC(=O)NCCCc1ccccc1. The summed E-state index contributed by atoms with van der Waals surface area (Å²) in [5, 5.41) is 14.4. The first-order valence-corrected chi connectivity index (χ1v) is 6.91. The van der Waals surface area contributed by atoms with Gasteiger partial charge in [0.05, 0.1) is 0 Å². The molecule has 0 saturated heterocycles. The van der Waals surface area contributed by atoms with E-state index in [1.165, 1.54) is 5.56 Å². The second kappa shape index (κ2) is 9.39. The summed E-state index contributed by atoms with van der Waals surface area (Å²) in [4.78, 5) is 11.5. The summed E-state index contributed by atoms with van der Waals surface area (Å²) in [5.74, 6) is 0. The Kier molecular flexibility index (Phi) is 7.66. The molecule has 0 bridgehead atoms. The Bertz CT molecular complexity index is 354. The third-order valence-electron chi connectivity index (χ3n) is 2.94. The van der Waals surface area contributed by atoms with Crippen LogP contribution in [-0.4, -0.2) is 30.3 Å². The number of amides is 2. The third-order valence-corrected chi connectivity index (χ3v) is 2.94. The average Bonchev–Trinajstić information content (AvgIpc) is 2.42. The Labute approximate surface area is 115 Å². The molecule has 1 atom stereocenters. The molecule has 0 aromatic heterocycles. The number of aryl methyl sites for hydroxylation is 1. The smallest absolute Gasteiger partial charge is 0.314 e. The number of aliphatic hydroxyl groups excluding tert-OH is 1. The molecule has 0 fully saturated rings. The minimum absolute atomic E-state index is 0.0984. The predicted molar refractivity (Wildman–Crippen MR) is 77.1 cm³/mol. The van der Waals surface area contributed by atoms with Crippen LogP contribution in [0, 0.1) is 0 Å². The lowest BCUT2D eigenvalue weighted by Crippen LogP contribution is -2.41. The lowest BCUT2D eigenvalue weighted by atomic mass is 10.1. The van der Waals surface area contributed by atoms with Crippen molar-refractivity contribution in [2.75, 3.05) is 13.2 Å². The van der Waals surface area contributed by atoms with Crippen molar-refractivity contribution in [3.63, 3.8) is 0 Å². The number of hydrogen-bond acceptors (Lipinski definition) is 2. The molecule has 0 spiro atoms. The molecule has 0 radical (unpaired) electrons. The highest BCUT2D eigenvalue weighted by molar-refractivity contribution is 5.74. The zero-order chi connectivity index (χ0) is 13.9. The second-order valence-corrected chi connectivity index (χ2v) is 4.76. The molecule has 1 unspecified atom stereocenters. The van der Waals surface area contributed by atoms with Gasteiger partial charge in [-0.2, -0.15) is 0 Å². The molecule has 0 saturated carbocycles. The first kappa shape index (κ1) is 15.5. The molecule has 1 rings (SSSR count). The molecule has 19 heavy (non-hydrogen) atoms. The van der Waals surface area contributed by atoms with E-state index in [4.69, 9.17) is 5.11 Å². The van der Waals surface area contributed by atoms with Gasteiger partial charge >= 0.3 is 6.03 Å². The van der Waals surface area contributed by atoms with Crippen molar-refractivity contribution < 1.29 is 9.90 Å². The van der Waals surface area contributed by atoms with Gasteiger partial charge in [0.2, 0.25) is 0 Å². The number of rotatable bonds is 8. The molecule has 0 aliphatic carbocycles. The van der Waals surface area contributed by atoms with Crippen molar-refractivity contribution in [2.45, 2.75) is 38.6 Å². The summed E-state index contributed by atoms with van der Waals surface area (Å²) in [6, 6.07) is 10.2. The summed E-state index contributed by atoms with van der Waals surface area (Å²) in [5.41, 5.74) is 1.29. The quantitative estimate of drug-likeness (QED) is 0.630. The Balaban J connectivity index is 2.07. The van der Waals surface area contributed by atoms with Gasteiger partial charge in [0, 0.05) is 19.2 Å². The van der Waals surface area contributed by atoms with Crippen LogP contribution < -0.4 is 10.6 Å². The van der Waals surface area contributed by atoms with Crippen molar-refractivity contribution in [2.24, 2.45) is 0 Å². The largest absolute Gasteiger partial charge is 0.396 e. The summed E-state index contributed by atoms with van der Waals surface area (Å²) in [6.45, 7) is 2.79. The van der Waals surface area contributed by atoms with E-state index in [1.54, 1.807) is 0 Å². The number of aliphatic hydroxyl groups is 1. The molecule has 3 N–H and O–H groups in total. The number of carbonyl (C=O) groups excluding carboxylic acids is 1. The average molecular weight is 264 g/mol. The van der Waals surface area contributed by atoms with Crippen molar-refractivity contribution in [3.05, 3.63) is 35.9 Å². The van der Waals surface area contributed by atoms with E-state index in [9.17, 15) is 4.79 Å². The standard InChI is InChI=1S/C15H24N2O2/c1-13(7-6-12-18)17-15(19)16-11-5-10-14-8-3-2-4-9-14/h2-4,8-9,13,18H,5-7,10-12H2,1H3,(H2,16,17,19). The maximum absolute atomic E-state index is 11.5. The van der Waals surface area contributed by atoms with Gasteiger partial charge in [0.15, 0.2) is 0 Å². The fourth-order valence-corrected chi connectivity index (χ4v) is 1.88. The first-order chi connectivity index (χ1) is 9.22. The molecule has 1 aromatic rings. The predicted octanol–water partition coefficient (Wildman–Crippen LogP) is 2.08. The lowest BCUT2D eigenvalue weighted by molar-refractivity contribution is 0.234. The van der Waals surface area contributed by atoms with Crippen molar-refractivity contribution in [3.8, 4) is 0 Å². The van der Waals surface area contributed by atoms with E-state index < -0.39 is 0 Å². The fraction of sp³-hybridized carbons (Fsp3) is 0.533. The minimum atomic E-state index is -0.126. The minimum Gasteiger partial charge on any atom is -0.396 e. The van der Waals surface area contributed by atoms with Crippen LogP contribution >= 0.6 is 0 Å². The molecule has 0 aliphatic heterocycles. The van der Waals surface area contributed by atoms with E-state index >= 15 is 0 Å². The highest BCUT2D eigenvalue weighted by Crippen LogP contribution is 2.01. The molecular weight excluding hydrogens is 240 g/mol. The van der Waals surface area contributed by atoms with Gasteiger partial charge in [0.1, 0.15) is 0 Å². The zero-order valence-electron chi connectivity index (χ0n) is 11.6. The molecule has 4 nitrogen and oxygen atoms in total. The normalized spacial score (nSPS) is 11.9. The van der Waals surface area contributed by atoms with Crippen LogP contribution in [0.3, 0.4) is 0 Å². The topological polar surface area (TPSA) is 61.4 Å². The molecule has 0 heterocycles. The van der Waals surface area contributed by atoms with Crippen LogP contribution in [0.5, 0.6) is 0 Å². The van der Waals surface area contributed by atoms with E-state index in [1.807, 2.05) is 25.1 Å². The van der Waals surface area contributed by atoms with Gasteiger partial charge in [0.25, 0.3) is 0 Å². The van der Waals surface area contributed by atoms with Gasteiger partial charge in [-0.3, -0.25) is 0 Å². The van der Waals surface area contributed by atoms with Crippen molar-refractivity contribution in [1.82, 2.24) is 10.6 Å². The molecule has 106 valence electrons. The first-order valence-electron chi connectivity index (χ1n) is 6.91. The van der Waals surface area contributed by atoms with E-state index in [2.05, 4.69) is 22.8 Å². The van der Waals surface area contributed by atoms with E-state index in [0.29, 0.717) is 6.54 Å². The van der Waals surface area contributed by atoms with Gasteiger partial charge in [-0.1, -0.05) is 30.3 Å². The Morgan fingerprint density at radius 2 is 2.00 bits per heavy atom. The number of benzene rings is 1. The molecule has 1 aromatic carbocycles.